The molecule has 9 heavy (non-hydrogen) atoms. The summed E-state index contributed by atoms with van der Waals surface area (Å²) in [7, 11) is 0. The van der Waals surface area contributed by atoms with Crippen molar-refractivity contribution in [3.63, 3.8) is 0 Å². The molecule has 0 unspecified atom stereocenters. The van der Waals surface area contributed by atoms with E-state index in [1.165, 1.54) is 0 Å². The predicted octanol–water partition coefficient (Wildman–Crippen LogP) is 1.98. The molecule has 0 radical (unpaired) electrons. The van der Waals surface area contributed by atoms with Gasteiger partial charge in [0.25, 0.3) is 0 Å². The van der Waals surface area contributed by atoms with Crippen LogP contribution in [0.4, 0.5) is 0 Å². The molecule has 0 aliphatic heterocycles. The molecule has 0 spiro atoms. The molecule has 1 rings (SSSR count). The lowest BCUT2D eigenvalue weighted by Gasteiger charge is -2.13. The predicted molar refractivity (Wildman–Crippen MR) is 39.6 cm³/mol. The van der Waals surface area contributed by atoms with Gasteiger partial charge in [0.2, 0.25) is 0 Å². The van der Waals surface area contributed by atoms with Crippen LogP contribution < -0.4 is 0 Å². The Bertz CT molecular complexity index is 171. The van der Waals surface area contributed by atoms with Gasteiger partial charge in [0.1, 0.15) is 0 Å². The normalized spacial score (nSPS) is 11.9. The van der Waals surface area contributed by atoms with Crippen molar-refractivity contribution in [3.05, 3.63) is 22.4 Å². The summed E-state index contributed by atoms with van der Waals surface area (Å²) in [6.45, 7) is 3.58. The maximum absolute atomic E-state index is 9.39. The number of aliphatic hydroxyl groups is 1. The highest BCUT2D eigenvalue weighted by molar-refractivity contribution is 7.10. The Hall–Kier alpha value is -0.340. The number of hydrogen-bond donors (Lipinski definition) is 1. The molecule has 1 heterocycles. The number of thiophene rings is 1. The zero-order valence-corrected chi connectivity index (χ0v) is 6.40. The molecule has 0 aliphatic rings. The van der Waals surface area contributed by atoms with Crippen LogP contribution in [0.2, 0.25) is 0 Å². The number of hydrogen-bond acceptors (Lipinski definition) is 2. The van der Waals surface area contributed by atoms with Crippen LogP contribution in [0.15, 0.2) is 17.5 Å². The van der Waals surface area contributed by atoms with Crippen LogP contribution in [0.25, 0.3) is 0 Å². The highest BCUT2D eigenvalue weighted by atomic mass is 32.1. The molecule has 0 saturated carbocycles. The SMILES string of the molecule is CC(C)(O)c1cccs1. The van der Waals surface area contributed by atoms with E-state index in [2.05, 4.69) is 0 Å². The van der Waals surface area contributed by atoms with Crippen molar-refractivity contribution < 1.29 is 5.11 Å². The minimum Gasteiger partial charge on any atom is -0.385 e. The maximum Gasteiger partial charge on any atom is 0.0931 e. The lowest BCUT2D eigenvalue weighted by atomic mass is 10.1. The van der Waals surface area contributed by atoms with Crippen molar-refractivity contribution in [1.29, 1.82) is 0 Å². The Morgan fingerprint density at radius 1 is 1.56 bits per heavy atom. The second-order valence-corrected chi connectivity index (χ2v) is 3.48. The van der Waals surface area contributed by atoms with Gasteiger partial charge in [-0.2, -0.15) is 0 Å². The third kappa shape index (κ3) is 1.53. The first-order valence-electron chi connectivity index (χ1n) is 2.87. The lowest BCUT2D eigenvalue weighted by molar-refractivity contribution is 0.0826. The summed E-state index contributed by atoms with van der Waals surface area (Å²) in [6, 6.07) is 3.88. The largest absolute Gasteiger partial charge is 0.385 e. The van der Waals surface area contributed by atoms with E-state index in [1.807, 2.05) is 17.5 Å². The third-order valence-electron chi connectivity index (χ3n) is 1.12. The molecule has 0 aromatic carbocycles. The highest BCUT2D eigenvalue weighted by Gasteiger charge is 2.15. The molecule has 0 bridgehead atoms. The van der Waals surface area contributed by atoms with Crippen LogP contribution in [-0.2, 0) is 5.60 Å². The molecular weight excluding hydrogens is 132 g/mol. The molecule has 0 fully saturated rings. The van der Waals surface area contributed by atoms with Crippen LogP contribution in [0, 0.1) is 0 Å². The van der Waals surface area contributed by atoms with Gasteiger partial charge in [0, 0.05) is 4.88 Å². The first-order valence-corrected chi connectivity index (χ1v) is 3.75. The van der Waals surface area contributed by atoms with Crippen molar-refractivity contribution in [2.45, 2.75) is 19.4 Å². The highest BCUT2D eigenvalue weighted by Crippen LogP contribution is 2.23. The molecule has 50 valence electrons. The van der Waals surface area contributed by atoms with Crippen LogP contribution in [-0.4, -0.2) is 5.11 Å². The van der Waals surface area contributed by atoms with E-state index in [4.69, 9.17) is 0 Å². The molecule has 2 heteroatoms. The summed E-state index contributed by atoms with van der Waals surface area (Å²) in [4.78, 5) is 1.02. The van der Waals surface area contributed by atoms with Crippen molar-refractivity contribution in [3.8, 4) is 0 Å². The summed E-state index contributed by atoms with van der Waals surface area (Å²) >= 11 is 1.58. The number of rotatable bonds is 1. The summed E-state index contributed by atoms with van der Waals surface area (Å²) in [6.07, 6.45) is 0. The molecule has 1 aromatic rings. The van der Waals surface area contributed by atoms with Gasteiger partial charge in [-0.1, -0.05) is 6.07 Å². The van der Waals surface area contributed by atoms with Crippen LogP contribution >= 0.6 is 11.3 Å². The van der Waals surface area contributed by atoms with Gasteiger partial charge in [0.15, 0.2) is 0 Å². The lowest BCUT2D eigenvalue weighted by Crippen LogP contribution is -2.12. The van der Waals surface area contributed by atoms with E-state index in [-0.39, 0.29) is 0 Å². The van der Waals surface area contributed by atoms with Crippen LogP contribution in [0.1, 0.15) is 18.7 Å². The van der Waals surface area contributed by atoms with Gasteiger partial charge < -0.3 is 5.11 Å². The van der Waals surface area contributed by atoms with Crippen molar-refractivity contribution in [2.75, 3.05) is 0 Å². The summed E-state index contributed by atoms with van der Waals surface area (Å²) in [5, 5.41) is 11.4. The molecule has 0 amide bonds. The smallest absolute Gasteiger partial charge is 0.0931 e. The van der Waals surface area contributed by atoms with E-state index in [9.17, 15) is 5.11 Å². The second kappa shape index (κ2) is 2.12. The van der Waals surface area contributed by atoms with Gasteiger partial charge in [-0.15, -0.1) is 11.3 Å². The van der Waals surface area contributed by atoms with Crippen molar-refractivity contribution >= 4 is 11.3 Å². The Kier molecular flexibility index (Phi) is 1.60. The summed E-state index contributed by atoms with van der Waals surface area (Å²) in [5.41, 5.74) is -0.659. The first-order chi connectivity index (χ1) is 4.11. The molecule has 1 N–H and O–H groups in total. The fourth-order valence-corrected chi connectivity index (χ4v) is 1.38. The van der Waals surface area contributed by atoms with E-state index in [0.29, 0.717) is 0 Å². The zero-order chi connectivity index (χ0) is 6.91. The molecule has 1 nitrogen and oxygen atoms in total. The van der Waals surface area contributed by atoms with Crippen LogP contribution in [0.5, 0.6) is 0 Å². The Morgan fingerprint density at radius 3 is 2.44 bits per heavy atom. The minimum absolute atomic E-state index is 0.659. The standard InChI is InChI=1S/C7H10OS/c1-7(2,8)6-4-3-5-9-6/h3-5,8H,1-2H3. The Morgan fingerprint density at radius 2 is 2.22 bits per heavy atom. The van der Waals surface area contributed by atoms with Gasteiger partial charge in [-0.05, 0) is 25.3 Å². The fourth-order valence-electron chi connectivity index (χ4n) is 0.627. The zero-order valence-electron chi connectivity index (χ0n) is 5.59. The monoisotopic (exact) mass is 142 g/mol. The average molecular weight is 142 g/mol. The molecular formula is C7H10OS. The van der Waals surface area contributed by atoms with E-state index >= 15 is 0 Å². The minimum atomic E-state index is -0.659. The summed E-state index contributed by atoms with van der Waals surface area (Å²) in [5.74, 6) is 0. The van der Waals surface area contributed by atoms with Gasteiger partial charge in [-0.3, -0.25) is 0 Å². The molecule has 0 aliphatic carbocycles. The van der Waals surface area contributed by atoms with Crippen molar-refractivity contribution in [2.24, 2.45) is 0 Å². The van der Waals surface area contributed by atoms with E-state index < -0.39 is 5.60 Å². The molecule has 1 aromatic heterocycles. The van der Waals surface area contributed by atoms with Gasteiger partial charge in [-0.25, -0.2) is 0 Å². The summed E-state index contributed by atoms with van der Waals surface area (Å²) < 4.78 is 0. The van der Waals surface area contributed by atoms with Gasteiger partial charge in [0.05, 0.1) is 5.60 Å². The van der Waals surface area contributed by atoms with E-state index in [1.54, 1.807) is 25.2 Å². The first kappa shape index (κ1) is 6.78. The molecule has 0 atom stereocenters. The average Bonchev–Trinajstić information content (AvgIpc) is 2.08. The van der Waals surface area contributed by atoms with Crippen molar-refractivity contribution in [1.82, 2.24) is 0 Å². The topological polar surface area (TPSA) is 20.2 Å². The Balaban J connectivity index is 2.90. The van der Waals surface area contributed by atoms with E-state index in [0.717, 1.165) is 4.88 Å². The fraction of sp³-hybridized carbons (Fsp3) is 0.429. The van der Waals surface area contributed by atoms with Crippen LogP contribution in [0.3, 0.4) is 0 Å². The Labute approximate surface area is 59.0 Å². The maximum atomic E-state index is 9.39. The molecule has 0 saturated heterocycles. The third-order valence-corrected chi connectivity index (χ3v) is 2.31. The van der Waals surface area contributed by atoms with Gasteiger partial charge >= 0.3 is 0 Å². The quantitative estimate of drug-likeness (QED) is 0.635. The second-order valence-electron chi connectivity index (χ2n) is 2.54.